The zero-order valence-electron chi connectivity index (χ0n) is 13.2. The van der Waals surface area contributed by atoms with Crippen molar-refractivity contribution >= 4 is 28.1 Å². The number of nitrogens with zero attached hydrogens (tertiary/aromatic N) is 2. The van der Waals surface area contributed by atoms with Gasteiger partial charge in [-0.1, -0.05) is 18.2 Å². The number of rotatable bonds is 3. The zero-order chi connectivity index (χ0) is 15.9. The number of carbonyl (C=O) groups is 1. The third-order valence-corrected chi connectivity index (χ3v) is 5.06. The third-order valence-electron chi connectivity index (χ3n) is 4.00. The Balaban J connectivity index is 1.89. The van der Waals surface area contributed by atoms with Crippen LogP contribution in [0.5, 0.6) is 0 Å². The lowest BCUT2D eigenvalue weighted by atomic mass is 10.2. The highest BCUT2D eigenvalue weighted by Gasteiger charge is 2.23. The van der Waals surface area contributed by atoms with Gasteiger partial charge >= 0.3 is 0 Å². The largest absolute Gasteiger partial charge is 0.357 e. The SMILES string of the molecule is Cc1nc(C)c(C(=O)N(C)[C@H](C)c2cc3ccccc3[nH]2)s1. The predicted octanol–water partition coefficient (Wildman–Crippen LogP) is 4.07. The second-order valence-electron chi connectivity index (χ2n) is 5.55. The molecule has 0 saturated heterocycles. The first-order valence-corrected chi connectivity index (χ1v) is 8.08. The molecule has 22 heavy (non-hydrogen) atoms. The van der Waals surface area contributed by atoms with Crippen LogP contribution in [0.2, 0.25) is 0 Å². The van der Waals surface area contributed by atoms with Gasteiger partial charge in [-0.25, -0.2) is 4.98 Å². The van der Waals surface area contributed by atoms with Gasteiger partial charge in [0, 0.05) is 18.3 Å². The molecule has 0 bridgehead atoms. The van der Waals surface area contributed by atoms with Crippen LogP contribution in [0.25, 0.3) is 10.9 Å². The zero-order valence-corrected chi connectivity index (χ0v) is 14.0. The molecule has 1 aromatic carbocycles. The number of aromatic amines is 1. The number of para-hydroxylation sites is 1. The van der Waals surface area contributed by atoms with Crippen LogP contribution in [0.4, 0.5) is 0 Å². The Labute approximate surface area is 133 Å². The number of aryl methyl sites for hydroxylation is 2. The molecule has 4 nitrogen and oxygen atoms in total. The number of thiazole rings is 1. The first kappa shape index (κ1) is 14.8. The van der Waals surface area contributed by atoms with Crippen molar-refractivity contribution in [3.63, 3.8) is 0 Å². The van der Waals surface area contributed by atoms with Crippen LogP contribution in [0, 0.1) is 13.8 Å². The first-order valence-electron chi connectivity index (χ1n) is 7.26. The lowest BCUT2D eigenvalue weighted by Crippen LogP contribution is -2.29. The summed E-state index contributed by atoms with van der Waals surface area (Å²) >= 11 is 1.46. The van der Waals surface area contributed by atoms with E-state index in [9.17, 15) is 4.79 Å². The van der Waals surface area contributed by atoms with Gasteiger partial charge in [0.25, 0.3) is 5.91 Å². The van der Waals surface area contributed by atoms with E-state index in [1.165, 1.54) is 11.3 Å². The third kappa shape index (κ3) is 2.52. The molecule has 0 aliphatic carbocycles. The highest BCUT2D eigenvalue weighted by atomic mass is 32.1. The molecular formula is C17H19N3OS. The molecule has 1 amide bonds. The number of hydrogen-bond donors (Lipinski definition) is 1. The lowest BCUT2D eigenvalue weighted by Gasteiger charge is -2.23. The van der Waals surface area contributed by atoms with Crippen molar-refractivity contribution in [2.75, 3.05) is 7.05 Å². The number of carbonyl (C=O) groups excluding carboxylic acids is 1. The molecule has 0 spiro atoms. The minimum atomic E-state index is -0.0262. The summed E-state index contributed by atoms with van der Waals surface area (Å²) < 4.78 is 0. The van der Waals surface area contributed by atoms with Crippen LogP contribution in [0.3, 0.4) is 0 Å². The standard InChI is InChI=1S/C17H19N3OS/c1-10-16(22-12(3)18-10)17(21)20(4)11(2)15-9-13-7-5-6-8-14(13)19-15/h5-9,11,19H,1-4H3/t11-/m1/s1. The fourth-order valence-electron chi connectivity index (χ4n) is 2.60. The van der Waals surface area contributed by atoms with Crippen LogP contribution in [-0.2, 0) is 0 Å². The lowest BCUT2D eigenvalue weighted by molar-refractivity contribution is 0.0744. The number of amides is 1. The second-order valence-corrected chi connectivity index (χ2v) is 6.75. The van der Waals surface area contributed by atoms with Gasteiger partial charge in [0.05, 0.1) is 16.7 Å². The van der Waals surface area contributed by atoms with Gasteiger partial charge in [0.1, 0.15) is 4.88 Å². The highest BCUT2D eigenvalue weighted by Crippen LogP contribution is 2.26. The Morgan fingerprint density at radius 1 is 1.32 bits per heavy atom. The Bertz CT molecular complexity index is 800. The molecule has 0 aliphatic rings. The summed E-state index contributed by atoms with van der Waals surface area (Å²) in [5.74, 6) is 0.0225. The van der Waals surface area contributed by atoms with E-state index >= 15 is 0 Å². The van der Waals surface area contributed by atoms with Gasteiger partial charge in [0.2, 0.25) is 0 Å². The number of benzene rings is 1. The van der Waals surface area contributed by atoms with Gasteiger partial charge in [0.15, 0.2) is 0 Å². The molecular weight excluding hydrogens is 294 g/mol. The van der Waals surface area contributed by atoms with Crippen molar-refractivity contribution in [1.29, 1.82) is 0 Å². The predicted molar refractivity (Wildman–Crippen MR) is 90.4 cm³/mol. The van der Waals surface area contributed by atoms with Crippen molar-refractivity contribution in [2.45, 2.75) is 26.8 Å². The number of hydrogen-bond acceptors (Lipinski definition) is 3. The monoisotopic (exact) mass is 313 g/mol. The summed E-state index contributed by atoms with van der Waals surface area (Å²) in [6.07, 6.45) is 0. The Kier molecular flexibility index (Phi) is 3.74. The maximum Gasteiger partial charge on any atom is 0.266 e. The first-order chi connectivity index (χ1) is 10.5. The molecule has 5 heteroatoms. The second kappa shape index (κ2) is 5.57. The minimum Gasteiger partial charge on any atom is -0.357 e. The van der Waals surface area contributed by atoms with E-state index in [1.54, 1.807) is 4.90 Å². The molecule has 2 aromatic heterocycles. The van der Waals surface area contributed by atoms with Gasteiger partial charge < -0.3 is 9.88 Å². The molecule has 114 valence electrons. The fraction of sp³-hybridized carbons (Fsp3) is 0.294. The smallest absolute Gasteiger partial charge is 0.266 e. The van der Waals surface area contributed by atoms with Crippen molar-refractivity contribution in [2.24, 2.45) is 0 Å². The molecule has 0 unspecified atom stereocenters. The van der Waals surface area contributed by atoms with E-state index in [0.717, 1.165) is 32.2 Å². The Morgan fingerprint density at radius 3 is 2.68 bits per heavy atom. The van der Waals surface area contributed by atoms with E-state index < -0.39 is 0 Å². The van der Waals surface area contributed by atoms with Gasteiger partial charge in [-0.3, -0.25) is 4.79 Å². The Morgan fingerprint density at radius 2 is 2.05 bits per heavy atom. The number of aromatic nitrogens is 2. The average Bonchev–Trinajstić information content (AvgIpc) is 3.07. The summed E-state index contributed by atoms with van der Waals surface area (Å²) in [5, 5.41) is 2.09. The molecule has 0 fully saturated rings. The van der Waals surface area contributed by atoms with E-state index in [-0.39, 0.29) is 11.9 Å². The quantitative estimate of drug-likeness (QED) is 0.792. The number of H-pyrrole nitrogens is 1. The van der Waals surface area contributed by atoms with Crippen LogP contribution >= 0.6 is 11.3 Å². The fourth-order valence-corrected chi connectivity index (χ4v) is 3.50. The molecule has 2 heterocycles. The van der Waals surface area contributed by atoms with Crippen LogP contribution < -0.4 is 0 Å². The van der Waals surface area contributed by atoms with Crippen LogP contribution in [-0.4, -0.2) is 27.8 Å². The van der Waals surface area contributed by atoms with Gasteiger partial charge in [-0.2, -0.15) is 0 Å². The van der Waals surface area contributed by atoms with E-state index in [2.05, 4.69) is 22.1 Å². The molecule has 3 rings (SSSR count). The van der Waals surface area contributed by atoms with Crippen LogP contribution in [0.1, 0.15) is 39.0 Å². The maximum atomic E-state index is 12.7. The highest BCUT2D eigenvalue weighted by molar-refractivity contribution is 7.13. The normalized spacial score (nSPS) is 12.5. The minimum absolute atomic E-state index is 0.0225. The number of nitrogens with one attached hydrogen (secondary N) is 1. The van der Waals surface area contributed by atoms with Gasteiger partial charge in [-0.15, -0.1) is 11.3 Å². The summed E-state index contributed by atoms with van der Waals surface area (Å²) in [4.78, 5) is 22.9. The van der Waals surface area contributed by atoms with Crippen molar-refractivity contribution in [3.8, 4) is 0 Å². The van der Waals surface area contributed by atoms with Gasteiger partial charge in [-0.05, 0) is 38.3 Å². The Hall–Kier alpha value is -2.14. The van der Waals surface area contributed by atoms with E-state index in [4.69, 9.17) is 0 Å². The summed E-state index contributed by atoms with van der Waals surface area (Å²) in [6.45, 7) is 5.85. The summed E-state index contributed by atoms with van der Waals surface area (Å²) in [7, 11) is 1.84. The summed E-state index contributed by atoms with van der Waals surface area (Å²) in [5.41, 5.74) is 2.94. The van der Waals surface area contributed by atoms with Crippen molar-refractivity contribution in [1.82, 2.24) is 14.9 Å². The summed E-state index contributed by atoms with van der Waals surface area (Å²) in [6, 6.07) is 10.2. The van der Waals surface area contributed by atoms with Crippen molar-refractivity contribution in [3.05, 3.63) is 51.6 Å². The molecule has 3 aromatic rings. The molecule has 0 saturated carbocycles. The molecule has 1 N–H and O–H groups in total. The molecule has 1 atom stereocenters. The molecule has 0 radical (unpaired) electrons. The van der Waals surface area contributed by atoms with E-state index in [1.807, 2.05) is 46.0 Å². The van der Waals surface area contributed by atoms with Crippen LogP contribution in [0.15, 0.2) is 30.3 Å². The maximum absolute atomic E-state index is 12.7. The average molecular weight is 313 g/mol. The molecule has 0 aliphatic heterocycles. The number of fused-ring (bicyclic) bond motifs is 1. The van der Waals surface area contributed by atoms with E-state index in [0.29, 0.717) is 0 Å². The topological polar surface area (TPSA) is 49.0 Å². The van der Waals surface area contributed by atoms with Crippen molar-refractivity contribution < 1.29 is 4.79 Å².